The topological polar surface area (TPSA) is 38.3 Å². The molecule has 19 heavy (non-hydrogen) atoms. The van der Waals surface area contributed by atoms with E-state index in [1.165, 1.54) is 0 Å². The number of methoxy groups -OCH3 is 1. The second-order valence-corrected chi connectivity index (χ2v) is 5.15. The zero-order valence-electron chi connectivity index (χ0n) is 11.0. The van der Waals surface area contributed by atoms with E-state index in [4.69, 9.17) is 11.2 Å². The minimum absolute atomic E-state index is 0.0185. The first-order chi connectivity index (χ1) is 9.17. The maximum Gasteiger partial charge on any atom is 0.224 e. The molecule has 0 bridgehead atoms. The summed E-state index contributed by atoms with van der Waals surface area (Å²) in [6, 6.07) is 7.96. The quantitative estimate of drug-likeness (QED) is 0.782. The van der Waals surface area contributed by atoms with Gasteiger partial charge in [-0.05, 0) is 30.5 Å². The van der Waals surface area contributed by atoms with E-state index in [0.717, 1.165) is 10.0 Å². The molecule has 1 aromatic rings. The van der Waals surface area contributed by atoms with Gasteiger partial charge in [-0.15, -0.1) is 6.42 Å². The third-order valence-corrected chi connectivity index (χ3v) is 3.27. The highest BCUT2D eigenvalue weighted by molar-refractivity contribution is 9.10. The number of hydrogen-bond acceptors (Lipinski definition) is 2. The monoisotopic (exact) mass is 323 g/mol. The van der Waals surface area contributed by atoms with Crippen LogP contribution in [-0.2, 0) is 16.0 Å². The molecule has 0 aliphatic heterocycles. The average Bonchev–Trinajstić information content (AvgIpc) is 2.40. The summed E-state index contributed by atoms with van der Waals surface area (Å²) in [5, 5.41) is 2.73. The van der Waals surface area contributed by atoms with Crippen molar-refractivity contribution in [1.29, 1.82) is 0 Å². The molecule has 0 unspecified atom stereocenters. The van der Waals surface area contributed by atoms with Crippen LogP contribution in [0.4, 0.5) is 0 Å². The molecule has 0 saturated heterocycles. The highest BCUT2D eigenvalue weighted by Gasteiger charge is 2.18. The number of ether oxygens (including phenoxy) is 1. The Hall–Kier alpha value is -1.31. The molecule has 0 aliphatic rings. The Kier molecular flexibility index (Phi) is 7.24. The van der Waals surface area contributed by atoms with Crippen molar-refractivity contribution in [3.63, 3.8) is 0 Å². The van der Waals surface area contributed by atoms with Gasteiger partial charge in [0.15, 0.2) is 0 Å². The van der Waals surface area contributed by atoms with Crippen molar-refractivity contribution in [3.8, 4) is 12.3 Å². The molecule has 0 spiro atoms. The van der Waals surface area contributed by atoms with Gasteiger partial charge in [0, 0.05) is 24.1 Å². The molecule has 1 atom stereocenters. The number of hydrogen-bond donors (Lipinski definition) is 1. The lowest BCUT2D eigenvalue weighted by atomic mass is 9.95. The fourth-order valence-corrected chi connectivity index (χ4v) is 2.26. The fourth-order valence-electron chi connectivity index (χ4n) is 1.82. The van der Waals surface area contributed by atoms with Crippen molar-refractivity contribution >= 4 is 21.8 Å². The first-order valence-electron chi connectivity index (χ1n) is 6.12. The van der Waals surface area contributed by atoms with Crippen LogP contribution in [0.3, 0.4) is 0 Å². The zero-order chi connectivity index (χ0) is 14.1. The Balaban J connectivity index is 2.68. The molecular weight excluding hydrogens is 306 g/mol. The standard InChI is InChI=1S/C15H18BrNO2/c1-3-8-17-15(18)13(7-9-19-2)10-12-5-4-6-14(16)11-12/h1,4-6,11,13H,7-10H2,2H3,(H,17,18)/t13-/m0/s1. The number of halogens is 1. The molecule has 102 valence electrons. The molecule has 4 heteroatoms. The Morgan fingerprint density at radius 2 is 2.37 bits per heavy atom. The zero-order valence-corrected chi connectivity index (χ0v) is 12.6. The maximum atomic E-state index is 12.0. The molecule has 0 heterocycles. The van der Waals surface area contributed by atoms with Crippen molar-refractivity contribution in [2.75, 3.05) is 20.3 Å². The summed E-state index contributed by atoms with van der Waals surface area (Å²) in [6.45, 7) is 0.822. The van der Waals surface area contributed by atoms with Gasteiger partial charge in [-0.2, -0.15) is 0 Å². The van der Waals surface area contributed by atoms with Gasteiger partial charge >= 0.3 is 0 Å². The van der Waals surface area contributed by atoms with E-state index in [1.807, 2.05) is 24.3 Å². The van der Waals surface area contributed by atoms with Gasteiger partial charge in [-0.1, -0.05) is 34.0 Å². The Bertz CT molecular complexity index is 454. The molecule has 1 amide bonds. The summed E-state index contributed by atoms with van der Waals surface area (Å²) >= 11 is 3.43. The van der Waals surface area contributed by atoms with Crippen molar-refractivity contribution in [3.05, 3.63) is 34.3 Å². The van der Waals surface area contributed by atoms with Crippen molar-refractivity contribution < 1.29 is 9.53 Å². The van der Waals surface area contributed by atoms with Crippen molar-refractivity contribution in [2.45, 2.75) is 12.8 Å². The van der Waals surface area contributed by atoms with Gasteiger partial charge in [-0.3, -0.25) is 4.79 Å². The van der Waals surface area contributed by atoms with Crippen LogP contribution in [0.15, 0.2) is 28.7 Å². The Morgan fingerprint density at radius 3 is 3.00 bits per heavy atom. The normalized spacial score (nSPS) is 11.6. The predicted octanol–water partition coefficient (Wildman–Crippen LogP) is 2.39. The predicted molar refractivity (Wildman–Crippen MR) is 79.7 cm³/mol. The summed E-state index contributed by atoms with van der Waals surface area (Å²) in [6.07, 6.45) is 6.51. The summed E-state index contributed by atoms with van der Waals surface area (Å²) in [7, 11) is 1.63. The van der Waals surface area contributed by atoms with E-state index in [2.05, 4.69) is 27.2 Å². The number of carbonyl (C=O) groups is 1. The Morgan fingerprint density at radius 1 is 1.58 bits per heavy atom. The minimum atomic E-state index is -0.123. The van der Waals surface area contributed by atoms with Crippen molar-refractivity contribution in [1.82, 2.24) is 5.32 Å². The molecule has 0 radical (unpaired) electrons. The smallest absolute Gasteiger partial charge is 0.224 e. The fraction of sp³-hybridized carbons (Fsp3) is 0.400. The van der Waals surface area contributed by atoms with Gasteiger partial charge in [0.25, 0.3) is 0 Å². The molecule has 1 N–H and O–H groups in total. The molecule has 0 aliphatic carbocycles. The van der Waals surface area contributed by atoms with Gasteiger partial charge in [0.05, 0.1) is 6.54 Å². The number of rotatable bonds is 7. The van der Waals surface area contributed by atoms with E-state index in [-0.39, 0.29) is 18.4 Å². The summed E-state index contributed by atoms with van der Waals surface area (Å²) < 4.78 is 6.07. The van der Waals surface area contributed by atoms with E-state index < -0.39 is 0 Å². The average molecular weight is 324 g/mol. The summed E-state index contributed by atoms with van der Waals surface area (Å²) in [5.41, 5.74) is 1.12. The number of terminal acetylenes is 1. The largest absolute Gasteiger partial charge is 0.385 e. The highest BCUT2D eigenvalue weighted by atomic mass is 79.9. The van der Waals surface area contributed by atoms with Gasteiger partial charge in [0.1, 0.15) is 0 Å². The highest BCUT2D eigenvalue weighted by Crippen LogP contribution is 2.17. The van der Waals surface area contributed by atoms with Crippen LogP contribution in [0, 0.1) is 18.3 Å². The maximum absolute atomic E-state index is 12.0. The number of nitrogens with one attached hydrogen (secondary N) is 1. The van der Waals surface area contributed by atoms with Crippen LogP contribution < -0.4 is 5.32 Å². The third kappa shape index (κ3) is 5.91. The van der Waals surface area contributed by atoms with Crippen LogP contribution in [0.5, 0.6) is 0 Å². The van der Waals surface area contributed by atoms with Crippen LogP contribution in [-0.4, -0.2) is 26.2 Å². The van der Waals surface area contributed by atoms with Crippen molar-refractivity contribution in [2.24, 2.45) is 5.92 Å². The lowest BCUT2D eigenvalue weighted by Crippen LogP contribution is -2.32. The SMILES string of the molecule is C#CCNC(=O)[C@@H](CCOC)Cc1cccc(Br)c1. The van der Waals surface area contributed by atoms with Crippen LogP contribution in [0.1, 0.15) is 12.0 Å². The molecule has 0 saturated carbocycles. The van der Waals surface area contributed by atoms with Crippen LogP contribution in [0.25, 0.3) is 0 Å². The van der Waals surface area contributed by atoms with E-state index in [0.29, 0.717) is 19.4 Å². The van der Waals surface area contributed by atoms with Crippen LogP contribution >= 0.6 is 15.9 Å². The summed E-state index contributed by atoms with van der Waals surface area (Å²) in [4.78, 5) is 12.0. The molecule has 3 nitrogen and oxygen atoms in total. The Labute approximate surface area is 122 Å². The van der Waals surface area contributed by atoms with E-state index >= 15 is 0 Å². The second-order valence-electron chi connectivity index (χ2n) is 4.23. The molecular formula is C15H18BrNO2. The summed E-state index contributed by atoms with van der Waals surface area (Å²) in [5.74, 6) is 2.27. The van der Waals surface area contributed by atoms with E-state index in [9.17, 15) is 4.79 Å². The molecule has 1 rings (SSSR count). The lowest BCUT2D eigenvalue weighted by Gasteiger charge is -2.16. The second kappa shape index (κ2) is 8.73. The molecule has 1 aromatic carbocycles. The molecule has 0 fully saturated rings. The van der Waals surface area contributed by atoms with Gasteiger partial charge in [-0.25, -0.2) is 0 Å². The number of amides is 1. The number of benzene rings is 1. The minimum Gasteiger partial charge on any atom is -0.385 e. The van der Waals surface area contributed by atoms with Gasteiger partial charge < -0.3 is 10.1 Å². The lowest BCUT2D eigenvalue weighted by molar-refractivity contribution is -0.125. The number of carbonyl (C=O) groups excluding carboxylic acids is 1. The first kappa shape index (κ1) is 15.7. The third-order valence-electron chi connectivity index (χ3n) is 2.78. The van der Waals surface area contributed by atoms with Gasteiger partial charge in [0.2, 0.25) is 5.91 Å². The van der Waals surface area contributed by atoms with Crippen LogP contribution in [0.2, 0.25) is 0 Å². The first-order valence-corrected chi connectivity index (χ1v) is 6.91. The molecule has 0 aromatic heterocycles. The van der Waals surface area contributed by atoms with E-state index in [1.54, 1.807) is 7.11 Å².